The molecule has 30 heavy (non-hydrogen) atoms. The first-order valence-electron chi connectivity index (χ1n) is 8.97. The molecule has 0 radical (unpaired) electrons. The Morgan fingerprint density at radius 2 is 1.93 bits per heavy atom. The first kappa shape index (κ1) is 18.4. The Hall–Kier alpha value is -3.63. The molecule has 3 aromatic heterocycles. The van der Waals surface area contributed by atoms with Gasteiger partial charge in [0.15, 0.2) is 16.7 Å². The van der Waals surface area contributed by atoms with E-state index in [-0.39, 0.29) is 10.9 Å². The van der Waals surface area contributed by atoms with Crippen LogP contribution in [0, 0.1) is 6.92 Å². The van der Waals surface area contributed by atoms with E-state index < -0.39 is 5.91 Å². The van der Waals surface area contributed by atoms with E-state index in [1.807, 2.05) is 55.5 Å². The number of thiocarbonyl (C=S) groups is 1. The van der Waals surface area contributed by atoms with Gasteiger partial charge in [0.05, 0.1) is 0 Å². The van der Waals surface area contributed by atoms with Crippen LogP contribution in [-0.4, -0.2) is 30.8 Å². The summed E-state index contributed by atoms with van der Waals surface area (Å²) in [6.07, 6.45) is 0. The van der Waals surface area contributed by atoms with Gasteiger partial charge in [-0.15, -0.1) is 10.2 Å². The molecule has 0 saturated heterocycles. The highest BCUT2D eigenvalue weighted by atomic mass is 32.1. The van der Waals surface area contributed by atoms with Crippen molar-refractivity contribution in [2.75, 3.05) is 5.32 Å². The average molecular weight is 435 g/mol. The number of aromatic nitrogens is 4. The van der Waals surface area contributed by atoms with E-state index in [9.17, 15) is 4.79 Å². The van der Waals surface area contributed by atoms with E-state index in [0.29, 0.717) is 5.58 Å². The number of amides is 1. The van der Waals surface area contributed by atoms with Crippen LogP contribution in [0.4, 0.5) is 5.69 Å². The molecule has 10 heteroatoms. The van der Waals surface area contributed by atoms with Crippen LogP contribution in [0.5, 0.6) is 0 Å². The smallest absolute Gasteiger partial charge is 0.293 e. The number of furan rings is 1. The van der Waals surface area contributed by atoms with E-state index in [1.165, 1.54) is 11.3 Å². The van der Waals surface area contributed by atoms with Gasteiger partial charge in [-0.3, -0.25) is 10.1 Å². The molecule has 1 amide bonds. The van der Waals surface area contributed by atoms with Gasteiger partial charge in [-0.2, -0.15) is 9.61 Å². The van der Waals surface area contributed by atoms with E-state index >= 15 is 0 Å². The number of hydrogen-bond acceptors (Lipinski definition) is 7. The number of anilines is 1. The number of nitrogens with one attached hydrogen (secondary N) is 2. The second kappa shape index (κ2) is 7.32. The minimum absolute atomic E-state index is 0.183. The molecule has 0 spiro atoms. The molecular weight excluding hydrogens is 420 g/mol. The lowest BCUT2D eigenvalue weighted by molar-refractivity contribution is 0.0953. The Bertz CT molecular complexity index is 1370. The van der Waals surface area contributed by atoms with E-state index in [2.05, 4.69) is 25.9 Å². The second-order valence-corrected chi connectivity index (χ2v) is 7.85. The number of para-hydroxylation sites is 1. The zero-order valence-corrected chi connectivity index (χ0v) is 17.3. The molecule has 0 bridgehead atoms. The van der Waals surface area contributed by atoms with E-state index in [0.717, 1.165) is 32.4 Å². The zero-order valence-electron chi connectivity index (χ0n) is 15.6. The average Bonchev–Trinajstić information content (AvgIpc) is 3.44. The van der Waals surface area contributed by atoms with Crippen LogP contribution in [0.2, 0.25) is 0 Å². The summed E-state index contributed by atoms with van der Waals surface area (Å²) in [6, 6.07) is 16.7. The lowest BCUT2D eigenvalue weighted by Gasteiger charge is -2.08. The summed E-state index contributed by atoms with van der Waals surface area (Å²) in [5.41, 5.74) is 2.35. The molecule has 3 heterocycles. The number of fused-ring (bicyclic) bond motifs is 2. The molecule has 5 aromatic rings. The molecule has 8 nitrogen and oxygen atoms in total. The number of aryl methyl sites for hydroxylation is 1. The molecule has 0 saturated carbocycles. The van der Waals surface area contributed by atoms with Crippen molar-refractivity contribution in [3.8, 4) is 10.6 Å². The molecule has 0 aliphatic rings. The molecule has 0 unspecified atom stereocenters. The van der Waals surface area contributed by atoms with Crippen LogP contribution in [-0.2, 0) is 0 Å². The fraction of sp³-hybridized carbons (Fsp3) is 0.0500. The van der Waals surface area contributed by atoms with Crippen LogP contribution in [0.1, 0.15) is 16.4 Å². The predicted molar refractivity (Wildman–Crippen MR) is 119 cm³/mol. The lowest BCUT2D eigenvalue weighted by atomic mass is 10.2. The molecular formula is C20H14N6O2S2. The first-order valence-corrected chi connectivity index (χ1v) is 10.2. The molecule has 0 fully saturated rings. The van der Waals surface area contributed by atoms with Gasteiger partial charge in [-0.05, 0) is 55.5 Å². The van der Waals surface area contributed by atoms with Crippen molar-refractivity contribution >= 4 is 56.2 Å². The van der Waals surface area contributed by atoms with Crippen LogP contribution < -0.4 is 10.6 Å². The number of benzene rings is 2. The van der Waals surface area contributed by atoms with Crippen molar-refractivity contribution in [2.24, 2.45) is 0 Å². The predicted octanol–water partition coefficient (Wildman–Crippen LogP) is 4.03. The zero-order chi connectivity index (χ0) is 20.7. The van der Waals surface area contributed by atoms with Crippen molar-refractivity contribution in [3.05, 3.63) is 66.2 Å². The quantitative estimate of drug-likeness (QED) is 0.414. The Labute approximate surface area is 179 Å². The van der Waals surface area contributed by atoms with Gasteiger partial charge < -0.3 is 9.73 Å². The van der Waals surface area contributed by atoms with Crippen molar-refractivity contribution in [1.82, 2.24) is 25.1 Å². The van der Waals surface area contributed by atoms with Gasteiger partial charge in [0.25, 0.3) is 5.91 Å². The third kappa shape index (κ3) is 3.42. The number of nitrogens with zero attached hydrogens (tertiary/aromatic N) is 4. The summed E-state index contributed by atoms with van der Waals surface area (Å²) in [7, 11) is 0. The Morgan fingerprint density at radius 3 is 2.70 bits per heavy atom. The normalized spacial score (nSPS) is 11.1. The number of rotatable bonds is 3. The number of carbonyl (C=O) groups excluding carboxylic acids is 1. The minimum atomic E-state index is -0.407. The lowest BCUT2D eigenvalue weighted by Crippen LogP contribution is -2.33. The third-order valence-electron chi connectivity index (χ3n) is 4.41. The van der Waals surface area contributed by atoms with Gasteiger partial charge in [-0.1, -0.05) is 29.5 Å². The summed E-state index contributed by atoms with van der Waals surface area (Å²) >= 11 is 6.72. The van der Waals surface area contributed by atoms with Gasteiger partial charge in [-0.25, -0.2) is 0 Å². The van der Waals surface area contributed by atoms with Crippen LogP contribution in [0.3, 0.4) is 0 Å². The fourth-order valence-corrected chi connectivity index (χ4v) is 4.05. The summed E-state index contributed by atoms with van der Waals surface area (Å²) in [6.45, 7) is 1.86. The summed E-state index contributed by atoms with van der Waals surface area (Å²) in [5, 5.41) is 20.1. The van der Waals surface area contributed by atoms with Gasteiger partial charge in [0.1, 0.15) is 10.6 Å². The third-order valence-corrected chi connectivity index (χ3v) is 5.56. The van der Waals surface area contributed by atoms with Crippen molar-refractivity contribution in [2.45, 2.75) is 6.92 Å². The second-order valence-electron chi connectivity index (χ2n) is 6.48. The summed E-state index contributed by atoms with van der Waals surface area (Å²) < 4.78 is 7.27. The van der Waals surface area contributed by atoms with Crippen LogP contribution in [0.15, 0.2) is 59.0 Å². The highest BCUT2D eigenvalue weighted by Gasteiger charge is 2.14. The highest BCUT2D eigenvalue weighted by molar-refractivity contribution is 7.80. The SMILES string of the molecule is Cc1nnc2sc(-c3ccc(NC(=S)NC(=O)c4cc5ccccc5o4)cc3)nn12. The monoisotopic (exact) mass is 434 g/mol. The maximum Gasteiger partial charge on any atom is 0.293 e. The van der Waals surface area contributed by atoms with Gasteiger partial charge >= 0.3 is 0 Å². The molecule has 0 aliphatic carbocycles. The highest BCUT2D eigenvalue weighted by Crippen LogP contribution is 2.26. The van der Waals surface area contributed by atoms with Crippen LogP contribution in [0.25, 0.3) is 26.5 Å². The maximum atomic E-state index is 12.4. The Morgan fingerprint density at radius 1 is 1.13 bits per heavy atom. The maximum absolute atomic E-state index is 12.4. The Balaban J connectivity index is 1.26. The van der Waals surface area contributed by atoms with Crippen molar-refractivity contribution < 1.29 is 9.21 Å². The van der Waals surface area contributed by atoms with Gasteiger partial charge in [0.2, 0.25) is 4.96 Å². The molecule has 5 rings (SSSR count). The molecule has 2 aromatic carbocycles. The number of carbonyl (C=O) groups is 1. The van der Waals surface area contributed by atoms with Crippen LogP contribution >= 0.6 is 23.6 Å². The Kier molecular flexibility index (Phi) is 4.49. The molecule has 2 N–H and O–H groups in total. The molecule has 0 atom stereocenters. The topological polar surface area (TPSA) is 97.3 Å². The first-order chi connectivity index (χ1) is 14.6. The molecule has 0 aliphatic heterocycles. The summed E-state index contributed by atoms with van der Waals surface area (Å²) in [5.74, 6) is 0.543. The molecule has 148 valence electrons. The fourth-order valence-electron chi connectivity index (χ4n) is 2.95. The largest absolute Gasteiger partial charge is 0.451 e. The van der Waals surface area contributed by atoms with Gasteiger partial charge in [0, 0.05) is 16.6 Å². The number of hydrogen-bond donors (Lipinski definition) is 2. The van der Waals surface area contributed by atoms with E-state index in [4.69, 9.17) is 16.6 Å². The standard InChI is InChI=1S/C20H14N6O2S2/c1-11-23-24-20-26(11)25-18(30-20)12-6-8-14(9-7-12)21-19(29)22-17(27)16-10-13-4-2-3-5-15(13)28-16/h2-10H,1H3,(H2,21,22,27,29). The minimum Gasteiger partial charge on any atom is -0.451 e. The van der Waals surface area contributed by atoms with E-state index in [1.54, 1.807) is 10.6 Å². The van der Waals surface area contributed by atoms with Crippen molar-refractivity contribution in [1.29, 1.82) is 0 Å². The summed E-state index contributed by atoms with van der Waals surface area (Å²) in [4.78, 5) is 13.1. The van der Waals surface area contributed by atoms with Crippen molar-refractivity contribution in [3.63, 3.8) is 0 Å².